The molecule has 0 aliphatic carbocycles. The quantitative estimate of drug-likeness (QED) is 0.443. The van der Waals surface area contributed by atoms with Crippen LogP contribution in [0, 0.1) is 0 Å². The molecule has 0 aliphatic heterocycles. The molecule has 10 heteroatoms. The monoisotopic (exact) mass is 382 g/mol. The first-order chi connectivity index (χ1) is 12.3. The molecule has 0 atom stereocenters. The second kappa shape index (κ2) is 4.91. The van der Waals surface area contributed by atoms with Gasteiger partial charge in [-0.2, -0.15) is 5.10 Å². The van der Waals surface area contributed by atoms with Gasteiger partial charge >= 0.3 is 0 Å². The van der Waals surface area contributed by atoms with Crippen molar-refractivity contribution in [3.63, 3.8) is 0 Å². The van der Waals surface area contributed by atoms with Crippen LogP contribution < -0.4 is 0 Å². The molecule has 6 heterocycles. The largest absolute Gasteiger partial charge is 0.452 e. The Morgan fingerprint density at radius 2 is 1.80 bits per heavy atom. The lowest BCUT2D eigenvalue weighted by Crippen LogP contribution is -1.80. The lowest BCUT2D eigenvalue weighted by Gasteiger charge is -1.87. The van der Waals surface area contributed by atoms with Crippen LogP contribution in [0.5, 0.6) is 0 Å². The van der Waals surface area contributed by atoms with E-state index < -0.39 is 0 Å². The Morgan fingerprint density at radius 3 is 2.68 bits per heavy atom. The summed E-state index contributed by atoms with van der Waals surface area (Å²) in [6.45, 7) is 0. The Balaban J connectivity index is 1.44. The van der Waals surface area contributed by atoms with Gasteiger partial charge in [-0.05, 0) is 12.1 Å². The molecule has 0 aromatic carbocycles. The van der Waals surface area contributed by atoms with Crippen molar-refractivity contribution in [2.45, 2.75) is 0 Å². The Kier molecular flexibility index (Phi) is 2.67. The number of thiazole rings is 2. The van der Waals surface area contributed by atoms with E-state index in [4.69, 9.17) is 4.42 Å². The molecule has 0 radical (unpaired) electrons. The first-order valence-corrected chi connectivity index (χ1v) is 9.71. The van der Waals surface area contributed by atoms with Gasteiger partial charge in [-0.3, -0.25) is 4.98 Å². The molecule has 6 rings (SSSR count). The molecule has 0 spiro atoms. The summed E-state index contributed by atoms with van der Waals surface area (Å²) >= 11 is 4.56. The number of imidazole rings is 1. The highest BCUT2D eigenvalue weighted by Crippen LogP contribution is 2.38. The third-order valence-electron chi connectivity index (χ3n) is 3.63. The first-order valence-electron chi connectivity index (χ1n) is 7.26. The van der Waals surface area contributed by atoms with Gasteiger partial charge in [0, 0.05) is 18.5 Å². The van der Waals surface area contributed by atoms with E-state index in [0.717, 1.165) is 46.5 Å². The van der Waals surface area contributed by atoms with Gasteiger partial charge in [0.25, 0.3) is 0 Å². The SMILES string of the molecule is c1cnc2cc(-c3nc4sc(-c5nn6ccnc6s5)nc4s3)oc2c1. The van der Waals surface area contributed by atoms with Crippen LogP contribution in [0.2, 0.25) is 0 Å². The molecule has 25 heavy (non-hydrogen) atoms. The average Bonchev–Trinajstić information content (AvgIpc) is 3.36. The smallest absolute Gasteiger partial charge is 0.212 e. The van der Waals surface area contributed by atoms with E-state index in [1.165, 1.54) is 34.0 Å². The minimum Gasteiger partial charge on any atom is -0.452 e. The van der Waals surface area contributed by atoms with Gasteiger partial charge in [-0.15, -0.1) is 0 Å². The van der Waals surface area contributed by atoms with Crippen molar-refractivity contribution in [1.29, 1.82) is 0 Å². The van der Waals surface area contributed by atoms with E-state index in [9.17, 15) is 0 Å². The van der Waals surface area contributed by atoms with Crippen LogP contribution in [0.25, 0.3) is 46.5 Å². The van der Waals surface area contributed by atoms with Crippen molar-refractivity contribution in [3.8, 4) is 20.8 Å². The summed E-state index contributed by atoms with van der Waals surface area (Å²) in [4.78, 5) is 20.5. The summed E-state index contributed by atoms with van der Waals surface area (Å²) in [6, 6.07) is 5.67. The van der Waals surface area contributed by atoms with E-state index in [1.54, 1.807) is 16.9 Å². The van der Waals surface area contributed by atoms with E-state index in [2.05, 4.69) is 25.0 Å². The minimum atomic E-state index is 0.721. The van der Waals surface area contributed by atoms with Crippen LogP contribution in [0.15, 0.2) is 41.2 Å². The van der Waals surface area contributed by atoms with E-state index >= 15 is 0 Å². The molecular formula is C15H6N6OS3. The van der Waals surface area contributed by atoms with Gasteiger partial charge in [0.05, 0.1) is 6.20 Å². The van der Waals surface area contributed by atoms with E-state index in [0.29, 0.717) is 0 Å². The number of furan rings is 1. The molecule has 0 bridgehead atoms. The zero-order valence-corrected chi connectivity index (χ0v) is 14.7. The summed E-state index contributed by atoms with van der Waals surface area (Å²) in [7, 11) is 0. The Bertz CT molecular complexity index is 1280. The van der Waals surface area contributed by atoms with Crippen LogP contribution in [-0.2, 0) is 0 Å². The number of nitrogens with zero attached hydrogens (tertiary/aromatic N) is 6. The van der Waals surface area contributed by atoms with Crippen LogP contribution >= 0.6 is 34.0 Å². The number of aromatic nitrogens is 6. The number of fused-ring (bicyclic) bond motifs is 3. The Hall–Kier alpha value is -2.69. The molecule has 0 saturated carbocycles. The highest BCUT2D eigenvalue weighted by atomic mass is 32.1. The first kappa shape index (κ1) is 13.6. The van der Waals surface area contributed by atoms with Crippen LogP contribution in [0.3, 0.4) is 0 Å². The molecular weight excluding hydrogens is 376 g/mol. The zero-order valence-electron chi connectivity index (χ0n) is 12.3. The van der Waals surface area contributed by atoms with Gasteiger partial charge in [0.1, 0.15) is 5.52 Å². The number of hydrogen-bond donors (Lipinski definition) is 0. The van der Waals surface area contributed by atoms with E-state index in [1.807, 2.05) is 24.4 Å². The molecule has 0 saturated heterocycles. The zero-order chi connectivity index (χ0) is 16.4. The third-order valence-corrected chi connectivity index (χ3v) is 6.75. The van der Waals surface area contributed by atoms with Crippen molar-refractivity contribution in [2.75, 3.05) is 0 Å². The van der Waals surface area contributed by atoms with Gasteiger partial charge < -0.3 is 4.42 Å². The molecule has 6 aromatic rings. The summed E-state index contributed by atoms with van der Waals surface area (Å²) in [5, 5.41) is 7.03. The van der Waals surface area contributed by atoms with Crippen molar-refractivity contribution >= 4 is 59.7 Å². The number of pyridine rings is 1. The second-order valence-electron chi connectivity index (χ2n) is 5.21. The standard InChI is InChI=1S/C15H6N6OS3/c1-2-8-7(16-3-1)6-9(22-8)10-18-11-12(23-10)19-13(24-11)14-20-21-5-4-17-15(21)25-14/h1-6H. The third kappa shape index (κ3) is 2.05. The van der Waals surface area contributed by atoms with Gasteiger partial charge in [-0.1, -0.05) is 34.0 Å². The Morgan fingerprint density at radius 1 is 0.920 bits per heavy atom. The summed E-state index contributed by atoms with van der Waals surface area (Å²) in [6.07, 6.45) is 5.32. The van der Waals surface area contributed by atoms with Crippen molar-refractivity contribution in [2.24, 2.45) is 0 Å². The average molecular weight is 382 g/mol. The van der Waals surface area contributed by atoms with Crippen LogP contribution in [0.4, 0.5) is 0 Å². The minimum absolute atomic E-state index is 0.721. The van der Waals surface area contributed by atoms with Crippen molar-refractivity contribution < 1.29 is 4.42 Å². The molecule has 0 aliphatic rings. The molecule has 0 unspecified atom stereocenters. The van der Waals surface area contributed by atoms with Gasteiger partial charge in [-0.25, -0.2) is 19.5 Å². The van der Waals surface area contributed by atoms with Crippen LogP contribution in [-0.4, -0.2) is 29.5 Å². The highest BCUT2D eigenvalue weighted by molar-refractivity contribution is 7.31. The summed E-state index contributed by atoms with van der Waals surface area (Å²) in [5.41, 5.74) is 1.59. The molecule has 0 fully saturated rings. The number of rotatable bonds is 2. The van der Waals surface area contributed by atoms with E-state index in [-0.39, 0.29) is 0 Å². The maximum Gasteiger partial charge on any atom is 0.212 e. The Labute approximate surface area is 151 Å². The van der Waals surface area contributed by atoms with Gasteiger partial charge in [0.2, 0.25) is 4.96 Å². The van der Waals surface area contributed by atoms with Crippen molar-refractivity contribution in [3.05, 3.63) is 36.8 Å². The topological polar surface area (TPSA) is 82.0 Å². The van der Waals surface area contributed by atoms with Crippen molar-refractivity contribution in [1.82, 2.24) is 29.5 Å². The maximum atomic E-state index is 5.84. The molecule has 6 aromatic heterocycles. The lowest BCUT2D eigenvalue weighted by atomic mass is 10.4. The molecule has 0 amide bonds. The fourth-order valence-electron chi connectivity index (χ4n) is 2.54. The molecule has 7 nitrogen and oxygen atoms in total. The fourth-order valence-corrected chi connectivity index (χ4v) is 5.41. The summed E-state index contributed by atoms with van der Waals surface area (Å²) < 4.78 is 7.60. The van der Waals surface area contributed by atoms with Crippen LogP contribution in [0.1, 0.15) is 0 Å². The lowest BCUT2D eigenvalue weighted by molar-refractivity contribution is 0.630. The highest BCUT2D eigenvalue weighted by Gasteiger charge is 2.18. The van der Waals surface area contributed by atoms with Gasteiger partial charge in [0.15, 0.2) is 36.0 Å². The fraction of sp³-hybridized carbons (Fsp3) is 0. The predicted molar refractivity (Wildman–Crippen MR) is 98.2 cm³/mol. The predicted octanol–water partition coefficient (Wildman–Crippen LogP) is 4.33. The second-order valence-corrected chi connectivity index (χ2v) is 8.12. The maximum absolute atomic E-state index is 5.84. The normalized spacial score (nSPS) is 12.0. The summed E-state index contributed by atoms with van der Waals surface area (Å²) in [5.74, 6) is 0.721. The molecule has 120 valence electrons. The molecule has 0 N–H and O–H groups in total. The number of hydrogen-bond acceptors (Lipinski definition) is 9.